The lowest BCUT2D eigenvalue weighted by Gasteiger charge is -2.22. The highest BCUT2D eigenvalue weighted by Gasteiger charge is 2.25. The first-order chi connectivity index (χ1) is 14.1. The Balaban J connectivity index is 0.00000320. The largest absolute Gasteiger partial charge is 0.329 e. The Bertz CT molecular complexity index is 1060. The predicted octanol–water partition coefficient (Wildman–Crippen LogP) is 3.75. The first-order valence-corrected chi connectivity index (χ1v) is 11.0. The average Bonchev–Trinajstić information content (AvgIpc) is 2.75. The predicted molar refractivity (Wildman–Crippen MR) is 140 cm³/mol. The monoisotopic (exact) mass is 518 g/mol. The van der Waals surface area contributed by atoms with Crippen LogP contribution >= 0.6 is 37.2 Å². The van der Waals surface area contributed by atoms with Gasteiger partial charge in [-0.15, -0.1) is 37.2 Å². The summed E-state index contributed by atoms with van der Waals surface area (Å²) in [5.74, 6) is 0. The first kappa shape index (κ1) is 30.3. The van der Waals surface area contributed by atoms with Gasteiger partial charge in [0.2, 0.25) is 10.0 Å². The number of rotatable bonds is 10. The van der Waals surface area contributed by atoms with E-state index in [1.807, 2.05) is 48.6 Å². The number of halogens is 3. The van der Waals surface area contributed by atoms with Crippen LogP contribution in [0.1, 0.15) is 5.56 Å². The van der Waals surface area contributed by atoms with Crippen LogP contribution < -0.4 is 11.1 Å². The van der Waals surface area contributed by atoms with Crippen LogP contribution in [0.15, 0.2) is 78.0 Å². The van der Waals surface area contributed by atoms with Gasteiger partial charge in [0, 0.05) is 55.9 Å². The van der Waals surface area contributed by atoms with Crippen molar-refractivity contribution in [1.29, 1.82) is 0 Å². The molecule has 0 amide bonds. The zero-order valence-corrected chi connectivity index (χ0v) is 20.7. The molecule has 0 saturated heterocycles. The molecule has 0 aliphatic carbocycles. The minimum atomic E-state index is -3.66. The summed E-state index contributed by atoms with van der Waals surface area (Å²) < 4.78 is 27.9. The van der Waals surface area contributed by atoms with E-state index in [0.717, 1.165) is 10.9 Å². The minimum Gasteiger partial charge on any atom is -0.329 e. The molecule has 0 unspecified atom stereocenters. The second-order valence-corrected chi connectivity index (χ2v) is 8.47. The van der Waals surface area contributed by atoms with Crippen LogP contribution in [0.3, 0.4) is 0 Å². The third-order valence-corrected chi connectivity index (χ3v) is 6.50. The minimum absolute atomic E-state index is 0. The third-order valence-electron chi connectivity index (χ3n) is 4.55. The lowest BCUT2D eigenvalue weighted by molar-refractivity contribution is 0.415. The van der Waals surface area contributed by atoms with Gasteiger partial charge in [0.15, 0.2) is 0 Å². The summed E-state index contributed by atoms with van der Waals surface area (Å²) in [6.45, 7) is 2.07. The van der Waals surface area contributed by atoms with E-state index < -0.39 is 10.0 Å². The van der Waals surface area contributed by atoms with Gasteiger partial charge < -0.3 is 11.1 Å². The zero-order valence-electron chi connectivity index (χ0n) is 17.5. The van der Waals surface area contributed by atoms with Crippen molar-refractivity contribution in [3.05, 3.63) is 78.6 Å². The molecule has 0 fully saturated rings. The molecule has 0 atom stereocenters. The van der Waals surface area contributed by atoms with E-state index in [1.165, 1.54) is 4.31 Å². The second kappa shape index (κ2) is 15.2. The summed E-state index contributed by atoms with van der Waals surface area (Å²) in [5.41, 5.74) is 6.82. The maximum absolute atomic E-state index is 13.2. The van der Waals surface area contributed by atoms with E-state index in [1.54, 1.807) is 30.6 Å². The van der Waals surface area contributed by atoms with E-state index in [4.69, 9.17) is 5.73 Å². The van der Waals surface area contributed by atoms with Crippen LogP contribution in [0, 0.1) is 0 Å². The SMILES string of the molecule is Cl.Cl.Cl.NCCN(CCNC/C=C/c1ccccc1)S(=O)(=O)c1cccc2cnccc12. The van der Waals surface area contributed by atoms with Crippen LogP contribution in [0.4, 0.5) is 0 Å². The van der Waals surface area contributed by atoms with E-state index in [-0.39, 0.29) is 55.2 Å². The summed E-state index contributed by atoms with van der Waals surface area (Å²) in [4.78, 5) is 4.36. The molecule has 3 N–H and O–H groups in total. The summed E-state index contributed by atoms with van der Waals surface area (Å²) in [6.07, 6.45) is 7.33. The van der Waals surface area contributed by atoms with Crippen molar-refractivity contribution >= 4 is 64.1 Å². The molecule has 1 heterocycles. The highest BCUT2D eigenvalue weighted by molar-refractivity contribution is 7.89. The number of sulfonamides is 1. The molecule has 10 heteroatoms. The third kappa shape index (κ3) is 8.01. The van der Waals surface area contributed by atoms with Gasteiger partial charge in [-0.3, -0.25) is 4.98 Å². The van der Waals surface area contributed by atoms with Crippen LogP contribution in [0.25, 0.3) is 16.8 Å². The summed E-state index contributed by atoms with van der Waals surface area (Å²) >= 11 is 0. The standard InChI is InChI=1S/C22H26N4O2S.3ClH/c23-12-16-26(17-15-24-13-5-8-19-6-2-1-3-7-19)29(27,28)22-10-4-9-20-18-25-14-11-21(20)22;;;/h1-11,14,18,24H,12-13,15-17,23H2;3*1H/b8-5+;;;. The van der Waals surface area contributed by atoms with Crippen LogP contribution in [-0.4, -0.2) is 50.4 Å². The molecule has 32 heavy (non-hydrogen) atoms. The molecule has 0 aliphatic rings. The highest BCUT2D eigenvalue weighted by atomic mass is 35.5. The van der Waals surface area contributed by atoms with Gasteiger partial charge in [-0.1, -0.05) is 54.6 Å². The van der Waals surface area contributed by atoms with Gasteiger partial charge in [0.1, 0.15) is 0 Å². The summed E-state index contributed by atoms with van der Waals surface area (Å²) in [5, 5.41) is 4.73. The number of hydrogen-bond acceptors (Lipinski definition) is 5. The molecule has 1 aromatic heterocycles. The molecule has 6 nitrogen and oxygen atoms in total. The Morgan fingerprint density at radius 3 is 2.44 bits per heavy atom. The van der Waals surface area contributed by atoms with Crippen molar-refractivity contribution < 1.29 is 8.42 Å². The molecule has 2 aromatic carbocycles. The molecule has 0 aliphatic heterocycles. The molecule has 0 radical (unpaired) electrons. The lowest BCUT2D eigenvalue weighted by atomic mass is 10.2. The van der Waals surface area contributed by atoms with E-state index in [9.17, 15) is 8.42 Å². The van der Waals surface area contributed by atoms with E-state index in [2.05, 4.69) is 10.3 Å². The van der Waals surface area contributed by atoms with E-state index >= 15 is 0 Å². The number of pyridine rings is 1. The number of benzene rings is 2. The summed E-state index contributed by atoms with van der Waals surface area (Å²) in [7, 11) is -3.66. The van der Waals surface area contributed by atoms with Gasteiger partial charge >= 0.3 is 0 Å². The highest BCUT2D eigenvalue weighted by Crippen LogP contribution is 2.24. The Hall–Kier alpha value is -1.71. The maximum atomic E-state index is 13.2. The van der Waals surface area contributed by atoms with Crippen molar-refractivity contribution in [2.45, 2.75) is 4.90 Å². The molecule has 0 bridgehead atoms. The fraction of sp³-hybridized carbons (Fsp3) is 0.227. The van der Waals surface area contributed by atoms with Gasteiger partial charge in [-0.05, 0) is 17.7 Å². The molecular formula is C22H29Cl3N4O2S. The number of hydrogen-bond donors (Lipinski definition) is 2. The zero-order chi connectivity index (χ0) is 20.5. The molecule has 0 spiro atoms. The van der Waals surface area contributed by atoms with Gasteiger partial charge in [-0.2, -0.15) is 4.31 Å². The van der Waals surface area contributed by atoms with Gasteiger partial charge in [-0.25, -0.2) is 8.42 Å². The molecule has 3 aromatic rings. The number of nitrogens with two attached hydrogens (primary N) is 1. The fourth-order valence-electron chi connectivity index (χ4n) is 3.10. The average molecular weight is 520 g/mol. The van der Waals surface area contributed by atoms with Crippen molar-refractivity contribution in [3.8, 4) is 0 Å². The van der Waals surface area contributed by atoms with Gasteiger partial charge in [0.05, 0.1) is 4.90 Å². The Morgan fingerprint density at radius 1 is 0.969 bits per heavy atom. The second-order valence-electron chi connectivity index (χ2n) is 6.56. The smallest absolute Gasteiger partial charge is 0.243 e. The molecular weight excluding hydrogens is 491 g/mol. The number of nitrogens with zero attached hydrogens (tertiary/aromatic N) is 2. The Morgan fingerprint density at radius 2 is 1.72 bits per heavy atom. The van der Waals surface area contributed by atoms with Gasteiger partial charge in [0.25, 0.3) is 0 Å². The molecule has 0 saturated carbocycles. The number of nitrogens with one attached hydrogen (secondary N) is 1. The van der Waals surface area contributed by atoms with Crippen LogP contribution in [0.2, 0.25) is 0 Å². The first-order valence-electron chi connectivity index (χ1n) is 9.58. The Kier molecular flexibility index (Phi) is 14.4. The Labute approximate surface area is 208 Å². The normalized spacial score (nSPS) is 11.1. The lowest BCUT2D eigenvalue weighted by Crippen LogP contribution is -2.40. The van der Waals surface area contributed by atoms with Crippen LogP contribution in [-0.2, 0) is 10.0 Å². The quantitative estimate of drug-likeness (QED) is 0.398. The number of fused-ring (bicyclic) bond motifs is 1. The topological polar surface area (TPSA) is 88.3 Å². The van der Waals surface area contributed by atoms with Crippen molar-refractivity contribution in [2.24, 2.45) is 5.73 Å². The molecule has 176 valence electrons. The van der Waals surface area contributed by atoms with Crippen molar-refractivity contribution in [2.75, 3.05) is 32.7 Å². The fourth-order valence-corrected chi connectivity index (χ4v) is 4.77. The maximum Gasteiger partial charge on any atom is 0.243 e. The number of aromatic nitrogens is 1. The molecule has 3 rings (SSSR count). The van der Waals surface area contributed by atoms with Crippen molar-refractivity contribution in [1.82, 2.24) is 14.6 Å². The van der Waals surface area contributed by atoms with E-state index in [0.29, 0.717) is 25.0 Å². The summed E-state index contributed by atoms with van der Waals surface area (Å²) in [6, 6.07) is 17.0. The van der Waals surface area contributed by atoms with Crippen molar-refractivity contribution in [3.63, 3.8) is 0 Å². The van der Waals surface area contributed by atoms with Crippen LogP contribution in [0.5, 0.6) is 0 Å².